The molecule has 0 amide bonds. The first-order chi connectivity index (χ1) is 7.59. The number of hydrogen-bond acceptors (Lipinski definition) is 5. The summed E-state index contributed by atoms with van der Waals surface area (Å²) in [6.45, 7) is 1.79. The highest BCUT2D eigenvalue weighted by Crippen LogP contribution is 2.20. The average Bonchev–Trinajstić information content (AvgIpc) is 2.61. The summed E-state index contributed by atoms with van der Waals surface area (Å²) < 4.78 is 1.68. The van der Waals surface area contributed by atoms with Gasteiger partial charge in [0.1, 0.15) is 11.8 Å². The number of nitrogen functional groups attached to an aromatic ring is 1. The van der Waals surface area contributed by atoms with Crippen molar-refractivity contribution in [1.29, 1.82) is 0 Å². The molecule has 0 fully saturated rings. The zero-order valence-corrected chi connectivity index (χ0v) is 8.66. The Labute approximate surface area is 90.9 Å². The SMILES string of the molecule is CC(CC(=O)O)n1cnc2c(N)ncnc21. The Bertz CT molecular complexity index is 536. The van der Waals surface area contributed by atoms with Crippen LogP contribution in [0.1, 0.15) is 19.4 Å². The van der Waals surface area contributed by atoms with E-state index in [-0.39, 0.29) is 12.5 Å². The molecule has 2 heterocycles. The molecule has 0 bridgehead atoms. The van der Waals surface area contributed by atoms with Gasteiger partial charge in [0.05, 0.1) is 12.7 Å². The van der Waals surface area contributed by atoms with Crippen LogP contribution >= 0.6 is 0 Å². The van der Waals surface area contributed by atoms with Crippen LogP contribution in [-0.2, 0) is 4.79 Å². The van der Waals surface area contributed by atoms with Gasteiger partial charge in [-0.05, 0) is 6.92 Å². The van der Waals surface area contributed by atoms with Crippen LogP contribution in [0.25, 0.3) is 11.2 Å². The van der Waals surface area contributed by atoms with E-state index >= 15 is 0 Å². The molecular weight excluding hydrogens is 210 g/mol. The van der Waals surface area contributed by atoms with Crippen molar-refractivity contribution in [3.63, 3.8) is 0 Å². The van der Waals surface area contributed by atoms with E-state index in [1.165, 1.54) is 12.7 Å². The topological polar surface area (TPSA) is 107 Å². The number of imidazole rings is 1. The maximum atomic E-state index is 10.6. The number of carboxylic acid groups (broad SMARTS) is 1. The highest BCUT2D eigenvalue weighted by molar-refractivity contribution is 5.81. The lowest BCUT2D eigenvalue weighted by molar-refractivity contribution is -0.137. The number of nitrogens with zero attached hydrogens (tertiary/aromatic N) is 4. The predicted molar refractivity (Wildman–Crippen MR) is 56.7 cm³/mol. The Kier molecular flexibility index (Phi) is 2.43. The van der Waals surface area contributed by atoms with E-state index < -0.39 is 5.97 Å². The smallest absolute Gasteiger partial charge is 0.305 e. The largest absolute Gasteiger partial charge is 0.481 e. The fourth-order valence-electron chi connectivity index (χ4n) is 1.54. The molecule has 0 aromatic carbocycles. The summed E-state index contributed by atoms with van der Waals surface area (Å²) >= 11 is 0. The molecule has 0 radical (unpaired) electrons. The normalized spacial score (nSPS) is 12.8. The van der Waals surface area contributed by atoms with Gasteiger partial charge in [-0.1, -0.05) is 0 Å². The number of nitrogens with two attached hydrogens (primary N) is 1. The molecule has 0 spiro atoms. The first-order valence-corrected chi connectivity index (χ1v) is 4.74. The van der Waals surface area contributed by atoms with Crippen LogP contribution in [0.4, 0.5) is 5.82 Å². The van der Waals surface area contributed by atoms with Crippen LogP contribution in [0.2, 0.25) is 0 Å². The molecule has 16 heavy (non-hydrogen) atoms. The van der Waals surface area contributed by atoms with E-state index in [0.29, 0.717) is 17.0 Å². The minimum absolute atomic E-state index is 0.00929. The van der Waals surface area contributed by atoms with Crippen molar-refractivity contribution in [2.75, 3.05) is 5.73 Å². The quantitative estimate of drug-likeness (QED) is 0.778. The monoisotopic (exact) mass is 221 g/mol. The first kappa shape index (κ1) is 10.3. The Morgan fingerprint density at radius 3 is 3.00 bits per heavy atom. The zero-order chi connectivity index (χ0) is 11.7. The van der Waals surface area contributed by atoms with E-state index in [9.17, 15) is 4.79 Å². The highest BCUT2D eigenvalue weighted by atomic mass is 16.4. The number of rotatable bonds is 3. The van der Waals surface area contributed by atoms with Gasteiger partial charge in [0.2, 0.25) is 0 Å². The molecule has 1 unspecified atom stereocenters. The van der Waals surface area contributed by atoms with Gasteiger partial charge in [0.25, 0.3) is 0 Å². The van der Waals surface area contributed by atoms with Crippen LogP contribution in [0.15, 0.2) is 12.7 Å². The number of anilines is 1. The third-order valence-corrected chi connectivity index (χ3v) is 2.33. The van der Waals surface area contributed by atoms with Gasteiger partial charge in [-0.25, -0.2) is 15.0 Å². The van der Waals surface area contributed by atoms with Gasteiger partial charge in [0, 0.05) is 6.04 Å². The Hall–Kier alpha value is -2.18. The lowest BCUT2D eigenvalue weighted by Crippen LogP contribution is -2.10. The van der Waals surface area contributed by atoms with Gasteiger partial charge in [0.15, 0.2) is 11.5 Å². The maximum absolute atomic E-state index is 10.6. The number of hydrogen-bond donors (Lipinski definition) is 2. The Morgan fingerprint density at radius 2 is 2.31 bits per heavy atom. The molecule has 7 nitrogen and oxygen atoms in total. The molecule has 1 atom stereocenters. The molecule has 3 N–H and O–H groups in total. The Morgan fingerprint density at radius 1 is 1.56 bits per heavy atom. The summed E-state index contributed by atoms with van der Waals surface area (Å²) in [6, 6.07) is -0.225. The minimum atomic E-state index is -0.864. The molecule has 0 aliphatic rings. The van der Waals surface area contributed by atoms with Crippen molar-refractivity contribution in [1.82, 2.24) is 19.5 Å². The van der Waals surface area contributed by atoms with Crippen LogP contribution in [0.3, 0.4) is 0 Å². The summed E-state index contributed by atoms with van der Waals surface area (Å²) in [5.74, 6) is -0.567. The van der Waals surface area contributed by atoms with Crippen molar-refractivity contribution in [3.8, 4) is 0 Å². The number of aromatic nitrogens is 4. The molecule has 0 saturated carbocycles. The van der Waals surface area contributed by atoms with Gasteiger partial charge in [-0.15, -0.1) is 0 Å². The van der Waals surface area contributed by atoms with Gasteiger partial charge in [-0.2, -0.15) is 0 Å². The van der Waals surface area contributed by atoms with Crippen molar-refractivity contribution >= 4 is 23.0 Å². The number of carbonyl (C=O) groups is 1. The third-order valence-electron chi connectivity index (χ3n) is 2.33. The highest BCUT2D eigenvalue weighted by Gasteiger charge is 2.14. The summed E-state index contributed by atoms with van der Waals surface area (Å²) in [5.41, 5.74) is 6.68. The fourth-order valence-corrected chi connectivity index (χ4v) is 1.54. The molecule has 0 saturated heterocycles. The van der Waals surface area contributed by atoms with Crippen molar-refractivity contribution in [3.05, 3.63) is 12.7 Å². The van der Waals surface area contributed by atoms with Gasteiger partial charge >= 0.3 is 5.97 Å². The third kappa shape index (κ3) is 1.67. The van der Waals surface area contributed by atoms with E-state index in [4.69, 9.17) is 10.8 Å². The molecule has 2 aromatic rings. The summed E-state index contributed by atoms with van der Waals surface area (Å²) in [6.07, 6.45) is 2.88. The molecule has 0 aliphatic carbocycles. The molecule has 2 aromatic heterocycles. The average molecular weight is 221 g/mol. The first-order valence-electron chi connectivity index (χ1n) is 4.74. The maximum Gasteiger partial charge on any atom is 0.305 e. The zero-order valence-electron chi connectivity index (χ0n) is 8.66. The van der Waals surface area contributed by atoms with Crippen LogP contribution in [-0.4, -0.2) is 30.6 Å². The van der Waals surface area contributed by atoms with Crippen molar-refractivity contribution < 1.29 is 9.90 Å². The van der Waals surface area contributed by atoms with E-state index in [2.05, 4.69) is 15.0 Å². The standard InChI is InChI=1S/C9H11N5O2/c1-5(2-6(15)16)14-4-13-7-8(10)11-3-12-9(7)14/h3-5H,2H2,1H3,(H,15,16)(H2,10,11,12). The van der Waals surface area contributed by atoms with E-state index in [1.54, 1.807) is 11.5 Å². The second-order valence-corrected chi connectivity index (χ2v) is 3.53. The predicted octanol–water partition coefficient (Wildman–Crippen LogP) is 0.444. The number of aliphatic carboxylic acids is 1. The lowest BCUT2D eigenvalue weighted by atomic mass is 10.2. The summed E-state index contributed by atoms with van der Waals surface area (Å²) in [4.78, 5) is 22.5. The molecular formula is C9H11N5O2. The van der Waals surface area contributed by atoms with Crippen molar-refractivity contribution in [2.24, 2.45) is 0 Å². The van der Waals surface area contributed by atoms with E-state index in [1.807, 2.05) is 0 Å². The molecule has 84 valence electrons. The van der Waals surface area contributed by atoms with Crippen LogP contribution < -0.4 is 5.73 Å². The Balaban J connectivity index is 2.46. The second kappa shape index (κ2) is 3.76. The van der Waals surface area contributed by atoms with Gasteiger partial charge < -0.3 is 15.4 Å². The minimum Gasteiger partial charge on any atom is -0.481 e. The molecule has 2 rings (SSSR count). The van der Waals surface area contributed by atoms with Crippen LogP contribution in [0, 0.1) is 0 Å². The number of fused-ring (bicyclic) bond motifs is 1. The lowest BCUT2D eigenvalue weighted by Gasteiger charge is -2.10. The molecule has 7 heteroatoms. The second-order valence-electron chi connectivity index (χ2n) is 3.53. The summed E-state index contributed by atoms with van der Waals surface area (Å²) in [5, 5.41) is 8.72. The van der Waals surface area contributed by atoms with Crippen molar-refractivity contribution in [2.45, 2.75) is 19.4 Å². The number of carboxylic acids is 1. The van der Waals surface area contributed by atoms with Gasteiger partial charge in [-0.3, -0.25) is 4.79 Å². The fraction of sp³-hybridized carbons (Fsp3) is 0.333. The van der Waals surface area contributed by atoms with E-state index in [0.717, 1.165) is 0 Å². The summed E-state index contributed by atoms with van der Waals surface area (Å²) in [7, 11) is 0. The van der Waals surface area contributed by atoms with Crippen LogP contribution in [0.5, 0.6) is 0 Å². The molecule has 0 aliphatic heterocycles.